The van der Waals surface area contributed by atoms with Gasteiger partial charge in [-0.25, -0.2) is 0 Å². The Labute approximate surface area is 147 Å². The highest BCUT2D eigenvalue weighted by Crippen LogP contribution is 2.24. The zero-order valence-corrected chi connectivity index (χ0v) is 14.2. The number of carbonyl (C=O) groups is 1. The lowest BCUT2D eigenvalue weighted by Crippen LogP contribution is -2.23. The van der Waals surface area contributed by atoms with Gasteiger partial charge in [0, 0.05) is 21.6 Å². The van der Waals surface area contributed by atoms with E-state index in [4.69, 9.17) is 16.9 Å². The van der Waals surface area contributed by atoms with Crippen LogP contribution in [0.4, 0.5) is 0 Å². The van der Waals surface area contributed by atoms with E-state index in [1.165, 1.54) is 12.1 Å². The Morgan fingerprint density at radius 3 is 2.83 bits per heavy atom. The van der Waals surface area contributed by atoms with Crippen molar-refractivity contribution in [3.63, 3.8) is 0 Å². The Kier molecular flexibility index (Phi) is 5.80. The predicted molar refractivity (Wildman–Crippen MR) is 92.7 cm³/mol. The molecule has 0 aliphatic rings. The molecular weight excluding hydrogens is 380 g/mol. The standard InChI is InChI=1S/C17H12BrClN2O2/c18-14-4-5-16(22)12(8-14)7-13(9-20)17(23)21-10-11-2-1-3-15(19)6-11/h1-8,22H,10H2,(H,21,23)/b13-7+. The van der Waals surface area contributed by atoms with Gasteiger partial charge in [-0.1, -0.05) is 39.7 Å². The van der Waals surface area contributed by atoms with Crippen molar-refractivity contribution in [2.45, 2.75) is 6.54 Å². The van der Waals surface area contributed by atoms with Gasteiger partial charge in [0.1, 0.15) is 17.4 Å². The fourth-order valence-corrected chi connectivity index (χ4v) is 2.46. The molecule has 6 heteroatoms. The number of carbonyl (C=O) groups excluding carboxylic acids is 1. The molecule has 4 nitrogen and oxygen atoms in total. The number of aromatic hydroxyl groups is 1. The number of halogens is 2. The molecule has 0 fully saturated rings. The Balaban J connectivity index is 2.14. The smallest absolute Gasteiger partial charge is 0.262 e. The molecule has 0 aliphatic carbocycles. The van der Waals surface area contributed by atoms with Crippen molar-refractivity contribution in [1.29, 1.82) is 5.26 Å². The summed E-state index contributed by atoms with van der Waals surface area (Å²) in [5, 5.41) is 22.2. The van der Waals surface area contributed by atoms with E-state index in [9.17, 15) is 9.90 Å². The predicted octanol–water partition coefficient (Wildman–Crippen LogP) is 4.03. The molecule has 0 spiro atoms. The highest BCUT2D eigenvalue weighted by molar-refractivity contribution is 9.10. The van der Waals surface area contributed by atoms with Crippen LogP contribution < -0.4 is 5.32 Å². The zero-order chi connectivity index (χ0) is 16.8. The van der Waals surface area contributed by atoms with Crippen LogP contribution in [0, 0.1) is 11.3 Å². The van der Waals surface area contributed by atoms with Crippen molar-refractivity contribution in [3.05, 3.63) is 68.7 Å². The highest BCUT2D eigenvalue weighted by Gasteiger charge is 2.10. The Bertz CT molecular complexity index is 812. The Morgan fingerprint density at radius 2 is 2.13 bits per heavy atom. The average Bonchev–Trinajstić information content (AvgIpc) is 2.53. The monoisotopic (exact) mass is 390 g/mol. The topological polar surface area (TPSA) is 73.1 Å². The molecule has 0 atom stereocenters. The number of hydrogen-bond acceptors (Lipinski definition) is 3. The van der Waals surface area contributed by atoms with E-state index < -0.39 is 5.91 Å². The van der Waals surface area contributed by atoms with Crippen LogP contribution in [0.3, 0.4) is 0 Å². The largest absolute Gasteiger partial charge is 0.507 e. The average molecular weight is 392 g/mol. The van der Waals surface area contributed by atoms with Crippen LogP contribution >= 0.6 is 27.5 Å². The molecule has 2 aromatic carbocycles. The number of nitrogens with one attached hydrogen (secondary N) is 1. The first kappa shape index (κ1) is 17.1. The third kappa shape index (κ3) is 4.85. The minimum atomic E-state index is -0.521. The number of benzene rings is 2. The van der Waals surface area contributed by atoms with Crippen LogP contribution in [0.2, 0.25) is 5.02 Å². The van der Waals surface area contributed by atoms with Gasteiger partial charge < -0.3 is 10.4 Å². The lowest BCUT2D eigenvalue weighted by atomic mass is 10.1. The highest BCUT2D eigenvalue weighted by atomic mass is 79.9. The van der Waals surface area contributed by atoms with Gasteiger partial charge in [-0.05, 0) is 42.0 Å². The maximum Gasteiger partial charge on any atom is 0.262 e. The quantitative estimate of drug-likeness (QED) is 0.610. The molecule has 2 N–H and O–H groups in total. The Hall–Kier alpha value is -2.29. The maximum atomic E-state index is 12.1. The fourth-order valence-electron chi connectivity index (χ4n) is 1.87. The Morgan fingerprint density at radius 1 is 1.35 bits per heavy atom. The van der Waals surface area contributed by atoms with Gasteiger partial charge in [0.05, 0.1) is 0 Å². The van der Waals surface area contributed by atoms with E-state index in [2.05, 4.69) is 21.2 Å². The van der Waals surface area contributed by atoms with Gasteiger partial charge in [-0.2, -0.15) is 5.26 Å². The van der Waals surface area contributed by atoms with Crippen molar-refractivity contribution < 1.29 is 9.90 Å². The third-order valence-electron chi connectivity index (χ3n) is 3.00. The number of phenolic OH excluding ortho intramolecular Hbond substituents is 1. The van der Waals surface area contributed by atoms with Gasteiger partial charge in [-0.15, -0.1) is 0 Å². The molecule has 2 rings (SSSR count). The molecular formula is C17H12BrClN2O2. The lowest BCUT2D eigenvalue weighted by Gasteiger charge is -2.06. The van der Waals surface area contributed by atoms with Crippen LogP contribution in [0.5, 0.6) is 5.75 Å². The number of phenols is 1. The molecule has 0 aliphatic heterocycles. The van der Waals surface area contributed by atoms with Crippen LogP contribution in [0.15, 0.2) is 52.5 Å². The summed E-state index contributed by atoms with van der Waals surface area (Å²) in [5.74, 6) is -0.532. The van der Waals surface area contributed by atoms with Crippen molar-refractivity contribution in [2.24, 2.45) is 0 Å². The first-order valence-corrected chi connectivity index (χ1v) is 7.79. The summed E-state index contributed by atoms with van der Waals surface area (Å²) < 4.78 is 0.734. The van der Waals surface area contributed by atoms with E-state index in [1.807, 2.05) is 12.1 Å². The van der Waals surface area contributed by atoms with Crippen molar-refractivity contribution in [3.8, 4) is 11.8 Å². The number of hydrogen-bond donors (Lipinski definition) is 2. The van der Waals surface area contributed by atoms with E-state index >= 15 is 0 Å². The molecule has 0 unspecified atom stereocenters. The van der Waals surface area contributed by atoms with Crippen molar-refractivity contribution in [1.82, 2.24) is 5.32 Å². The summed E-state index contributed by atoms with van der Waals surface area (Å²) in [6.45, 7) is 0.253. The van der Waals surface area contributed by atoms with Gasteiger partial charge in [0.2, 0.25) is 0 Å². The van der Waals surface area contributed by atoms with Gasteiger partial charge in [0.15, 0.2) is 0 Å². The van der Waals surface area contributed by atoms with Crippen molar-refractivity contribution >= 4 is 39.5 Å². The minimum absolute atomic E-state index is 0.0106. The maximum absolute atomic E-state index is 12.1. The van der Waals surface area contributed by atoms with E-state index in [0.717, 1.165) is 10.0 Å². The summed E-state index contributed by atoms with van der Waals surface area (Å²) in [6.07, 6.45) is 1.34. The molecule has 0 saturated carbocycles. The second-order valence-corrected chi connectivity index (χ2v) is 6.04. The number of rotatable bonds is 4. The molecule has 23 heavy (non-hydrogen) atoms. The second kappa shape index (κ2) is 7.82. The molecule has 116 valence electrons. The van der Waals surface area contributed by atoms with Gasteiger partial charge >= 0.3 is 0 Å². The van der Waals surface area contributed by atoms with Crippen molar-refractivity contribution in [2.75, 3.05) is 0 Å². The summed E-state index contributed by atoms with van der Waals surface area (Å²) in [5.41, 5.74) is 1.11. The van der Waals surface area contributed by atoms with Crippen LogP contribution in [-0.2, 0) is 11.3 Å². The minimum Gasteiger partial charge on any atom is -0.507 e. The molecule has 0 aromatic heterocycles. The normalized spacial score (nSPS) is 10.9. The number of nitrogens with zero attached hydrogens (tertiary/aromatic N) is 1. The number of nitriles is 1. The second-order valence-electron chi connectivity index (χ2n) is 4.69. The molecule has 1 amide bonds. The third-order valence-corrected chi connectivity index (χ3v) is 3.72. The number of amides is 1. The van der Waals surface area contributed by atoms with E-state index in [0.29, 0.717) is 10.6 Å². The lowest BCUT2D eigenvalue weighted by molar-refractivity contribution is -0.117. The molecule has 0 bridgehead atoms. The molecule has 2 aromatic rings. The summed E-state index contributed by atoms with van der Waals surface area (Å²) >= 11 is 9.16. The summed E-state index contributed by atoms with van der Waals surface area (Å²) in [6, 6.07) is 13.7. The molecule has 0 saturated heterocycles. The molecule has 0 heterocycles. The van der Waals surface area contributed by atoms with E-state index in [1.54, 1.807) is 30.3 Å². The van der Waals surface area contributed by atoms with Gasteiger partial charge in [0.25, 0.3) is 5.91 Å². The zero-order valence-electron chi connectivity index (χ0n) is 11.9. The van der Waals surface area contributed by atoms with Crippen LogP contribution in [-0.4, -0.2) is 11.0 Å². The van der Waals surface area contributed by atoms with Gasteiger partial charge in [-0.3, -0.25) is 4.79 Å². The molecule has 0 radical (unpaired) electrons. The summed E-state index contributed by atoms with van der Waals surface area (Å²) in [4.78, 5) is 12.1. The van der Waals surface area contributed by atoms with E-state index in [-0.39, 0.29) is 17.9 Å². The van der Waals surface area contributed by atoms with Crippen LogP contribution in [0.1, 0.15) is 11.1 Å². The van der Waals surface area contributed by atoms with Crippen LogP contribution in [0.25, 0.3) is 6.08 Å². The fraction of sp³-hybridized carbons (Fsp3) is 0.0588. The first-order valence-electron chi connectivity index (χ1n) is 6.62. The SMILES string of the molecule is N#C/C(=C\c1cc(Br)ccc1O)C(=O)NCc1cccc(Cl)c1. The first-order chi connectivity index (χ1) is 11.0. The summed E-state index contributed by atoms with van der Waals surface area (Å²) in [7, 11) is 0.